The zero-order chi connectivity index (χ0) is 29.7. The highest BCUT2D eigenvalue weighted by molar-refractivity contribution is 7.90. The van der Waals surface area contributed by atoms with Crippen LogP contribution in [0.4, 0.5) is 5.82 Å². The van der Waals surface area contributed by atoms with E-state index in [9.17, 15) is 13.2 Å². The molecule has 7 rings (SSSR count). The summed E-state index contributed by atoms with van der Waals surface area (Å²) in [4.78, 5) is 32.4. The number of likely N-dealkylation sites (N-methyl/N-ethyl adjacent to an activating group) is 1. The van der Waals surface area contributed by atoms with E-state index in [0.29, 0.717) is 24.5 Å². The fourth-order valence-electron chi connectivity index (χ4n) is 6.26. The zero-order valence-corrected chi connectivity index (χ0v) is 25.0. The smallest absolute Gasteiger partial charge is 0.251 e. The van der Waals surface area contributed by atoms with E-state index in [1.165, 1.54) is 12.3 Å². The number of piperazine rings is 1. The van der Waals surface area contributed by atoms with E-state index in [2.05, 4.69) is 33.2 Å². The van der Waals surface area contributed by atoms with Gasteiger partial charge in [-0.05, 0) is 73.8 Å². The maximum atomic E-state index is 13.0. The van der Waals surface area contributed by atoms with Crippen molar-refractivity contribution in [2.45, 2.75) is 42.3 Å². The van der Waals surface area contributed by atoms with Gasteiger partial charge in [0.1, 0.15) is 5.82 Å². The minimum absolute atomic E-state index is 0.182. The highest BCUT2D eigenvalue weighted by Crippen LogP contribution is 2.43. The van der Waals surface area contributed by atoms with Gasteiger partial charge in [-0.1, -0.05) is 12.1 Å². The van der Waals surface area contributed by atoms with Crippen molar-refractivity contribution in [3.63, 3.8) is 0 Å². The SMILES string of the molecule is CN1C[C@H]2COC[C@@H](C1)N2c1cccc(-c2ccc3cnc(CNC(=O)c4ccc(C5CC5)c(S(C)(=O)=O)c4)cc3n2)n1. The number of anilines is 1. The van der Waals surface area contributed by atoms with Crippen LogP contribution in [0.15, 0.2) is 65.7 Å². The number of hydrogen-bond acceptors (Lipinski definition) is 9. The van der Waals surface area contributed by atoms with Crippen LogP contribution < -0.4 is 10.2 Å². The van der Waals surface area contributed by atoms with Gasteiger partial charge < -0.3 is 19.9 Å². The number of pyridine rings is 3. The Bertz CT molecular complexity index is 1810. The Labute approximate surface area is 251 Å². The lowest BCUT2D eigenvalue weighted by molar-refractivity contribution is 0.0224. The topological polar surface area (TPSA) is 118 Å². The number of amides is 1. The van der Waals surface area contributed by atoms with Crippen LogP contribution in [0.5, 0.6) is 0 Å². The lowest BCUT2D eigenvalue weighted by Crippen LogP contribution is -2.64. The van der Waals surface area contributed by atoms with E-state index in [0.717, 1.165) is 59.6 Å². The molecular weight excluding hydrogens is 564 g/mol. The molecule has 1 amide bonds. The van der Waals surface area contributed by atoms with E-state index in [1.807, 2.05) is 30.3 Å². The Balaban J connectivity index is 1.10. The van der Waals surface area contributed by atoms with Gasteiger partial charge in [-0.3, -0.25) is 9.78 Å². The molecule has 43 heavy (non-hydrogen) atoms. The number of rotatable bonds is 7. The number of ether oxygens (including phenoxy) is 1. The van der Waals surface area contributed by atoms with Crippen LogP contribution in [0, 0.1) is 0 Å². The van der Waals surface area contributed by atoms with Gasteiger partial charge in [-0.15, -0.1) is 0 Å². The second kappa shape index (κ2) is 11.0. The highest BCUT2D eigenvalue weighted by atomic mass is 32.2. The maximum absolute atomic E-state index is 13.0. The van der Waals surface area contributed by atoms with Crippen molar-refractivity contribution >= 4 is 32.5 Å². The van der Waals surface area contributed by atoms with Crippen LogP contribution in [0.2, 0.25) is 0 Å². The van der Waals surface area contributed by atoms with Crippen molar-refractivity contribution in [2.75, 3.05) is 44.5 Å². The molecule has 1 N–H and O–H groups in total. The lowest BCUT2D eigenvalue weighted by atomic mass is 10.0. The summed E-state index contributed by atoms with van der Waals surface area (Å²) in [5, 5.41) is 3.76. The molecule has 10 nitrogen and oxygen atoms in total. The number of fused-ring (bicyclic) bond motifs is 3. The van der Waals surface area contributed by atoms with Crippen LogP contribution in [0.25, 0.3) is 22.3 Å². The van der Waals surface area contributed by atoms with Gasteiger partial charge in [0.2, 0.25) is 0 Å². The summed E-state index contributed by atoms with van der Waals surface area (Å²) in [5.41, 5.74) is 4.07. The first-order valence-corrected chi connectivity index (χ1v) is 16.5. The molecule has 1 aliphatic carbocycles. The number of carbonyl (C=O) groups excluding carboxylic acids is 1. The summed E-state index contributed by atoms with van der Waals surface area (Å²) in [7, 11) is -1.29. The van der Waals surface area contributed by atoms with Crippen LogP contribution in [-0.2, 0) is 21.1 Å². The van der Waals surface area contributed by atoms with E-state index in [-0.39, 0.29) is 35.3 Å². The molecule has 3 aromatic heterocycles. The molecule has 222 valence electrons. The summed E-state index contributed by atoms with van der Waals surface area (Å²) >= 11 is 0. The summed E-state index contributed by atoms with van der Waals surface area (Å²) in [6.45, 7) is 3.44. The molecule has 5 heterocycles. The number of carbonyl (C=O) groups is 1. The quantitative estimate of drug-likeness (QED) is 0.342. The molecule has 0 unspecified atom stereocenters. The van der Waals surface area contributed by atoms with Crippen molar-refractivity contribution in [3.8, 4) is 11.4 Å². The first kappa shape index (κ1) is 27.9. The molecule has 0 spiro atoms. The highest BCUT2D eigenvalue weighted by Gasteiger charge is 2.37. The Morgan fingerprint density at radius 3 is 2.51 bits per heavy atom. The van der Waals surface area contributed by atoms with Crippen molar-refractivity contribution < 1.29 is 17.9 Å². The van der Waals surface area contributed by atoms with Gasteiger partial charge in [-0.2, -0.15) is 0 Å². The van der Waals surface area contributed by atoms with Gasteiger partial charge in [0.05, 0.1) is 59.3 Å². The first-order valence-electron chi connectivity index (χ1n) is 14.6. The monoisotopic (exact) mass is 598 g/mol. The molecule has 2 saturated heterocycles. The molecule has 11 heteroatoms. The molecule has 3 aliphatic rings. The number of nitrogens with one attached hydrogen (secondary N) is 1. The van der Waals surface area contributed by atoms with Gasteiger partial charge in [0, 0.05) is 36.5 Å². The molecule has 2 atom stereocenters. The number of hydrogen-bond donors (Lipinski definition) is 1. The summed E-state index contributed by atoms with van der Waals surface area (Å²) < 4.78 is 30.6. The maximum Gasteiger partial charge on any atom is 0.251 e. The molecule has 3 fully saturated rings. The molecule has 4 aromatic rings. The van der Waals surface area contributed by atoms with E-state index < -0.39 is 9.84 Å². The predicted octanol–water partition coefficient (Wildman–Crippen LogP) is 3.42. The summed E-state index contributed by atoms with van der Waals surface area (Å²) in [6, 6.07) is 17.4. The van der Waals surface area contributed by atoms with Gasteiger partial charge in [0.15, 0.2) is 9.84 Å². The second-order valence-electron chi connectivity index (χ2n) is 11.9. The molecule has 1 aromatic carbocycles. The normalized spacial score (nSPS) is 20.7. The Kier molecular flexibility index (Phi) is 7.11. The number of aromatic nitrogens is 3. The Morgan fingerprint density at radius 2 is 1.77 bits per heavy atom. The number of nitrogens with zero attached hydrogens (tertiary/aromatic N) is 5. The van der Waals surface area contributed by atoms with Crippen LogP contribution >= 0.6 is 0 Å². The van der Waals surface area contributed by atoms with Gasteiger partial charge in [0.25, 0.3) is 5.91 Å². The van der Waals surface area contributed by atoms with E-state index in [1.54, 1.807) is 18.3 Å². The number of benzene rings is 1. The second-order valence-corrected chi connectivity index (χ2v) is 13.9. The molecule has 1 saturated carbocycles. The third kappa shape index (κ3) is 5.72. The molecule has 2 aliphatic heterocycles. The van der Waals surface area contributed by atoms with Crippen molar-refractivity contribution in [2.24, 2.45) is 0 Å². The zero-order valence-electron chi connectivity index (χ0n) is 24.2. The predicted molar refractivity (Wildman–Crippen MR) is 164 cm³/mol. The average molecular weight is 599 g/mol. The van der Waals surface area contributed by atoms with Crippen LogP contribution in [-0.4, -0.2) is 85.9 Å². The summed E-state index contributed by atoms with van der Waals surface area (Å²) in [6.07, 6.45) is 4.89. The Hall–Kier alpha value is -3.93. The fourth-order valence-corrected chi connectivity index (χ4v) is 7.26. The Morgan fingerprint density at radius 1 is 1.00 bits per heavy atom. The van der Waals surface area contributed by atoms with Crippen molar-refractivity contribution in [1.29, 1.82) is 0 Å². The minimum atomic E-state index is -3.44. The fraction of sp³-hybridized carbons (Fsp3) is 0.375. The van der Waals surface area contributed by atoms with Gasteiger partial charge in [-0.25, -0.2) is 18.4 Å². The standard InChI is InChI=1S/C32H34N6O4S/c1-37-16-24-18-42-19-25(17-37)38(24)31-5-3-4-27(36-31)28-11-9-22-14-33-23(13-29(22)35-28)15-34-32(39)21-8-10-26(20-6-7-20)30(12-21)43(2,40)41/h3-5,8-14,20,24-25H,6-7,15-19H2,1-2H3,(H,34,39)/t24-,25+. The van der Waals surface area contributed by atoms with Crippen LogP contribution in [0.1, 0.15) is 40.4 Å². The molecule has 2 bridgehead atoms. The minimum Gasteiger partial charge on any atom is -0.377 e. The van der Waals surface area contributed by atoms with Crippen LogP contribution in [0.3, 0.4) is 0 Å². The van der Waals surface area contributed by atoms with Gasteiger partial charge >= 0.3 is 0 Å². The van der Waals surface area contributed by atoms with Crippen molar-refractivity contribution in [1.82, 2.24) is 25.2 Å². The third-order valence-electron chi connectivity index (χ3n) is 8.47. The molecule has 0 radical (unpaired) electrons. The average Bonchev–Trinajstić information content (AvgIpc) is 3.84. The lowest BCUT2D eigenvalue weighted by Gasteiger charge is -2.49. The first-order chi connectivity index (χ1) is 20.7. The number of morpholine rings is 1. The third-order valence-corrected chi connectivity index (χ3v) is 9.62. The summed E-state index contributed by atoms with van der Waals surface area (Å²) in [5.74, 6) is 0.851. The largest absolute Gasteiger partial charge is 0.377 e. The van der Waals surface area contributed by atoms with E-state index >= 15 is 0 Å². The van der Waals surface area contributed by atoms with E-state index in [4.69, 9.17) is 14.7 Å². The molecular formula is C32H34N6O4S. The van der Waals surface area contributed by atoms with Crippen molar-refractivity contribution in [3.05, 3.63) is 77.6 Å². The number of sulfone groups is 1.